The number of H-pyrrole nitrogens is 1. The Morgan fingerprint density at radius 1 is 0.664 bits per heavy atom. The van der Waals surface area contributed by atoms with Crippen LogP contribution in [0.15, 0.2) is 58.3 Å². The second-order valence-electron chi connectivity index (χ2n) is 29.5. The summed E-state index contributed by atoms with van der Waals surface area (Å²) in [6, 6.07) is 0.969. The topological polar surface area (TPSA) is 521 Å². The van der Waals surface area contributed by atoms with E-state index >= 15 is 0 Å². The molecule has 4 aliphatic heterocycles. The Kier molecular flexibility index (Phi) is 37.1. The van der Waals surface area contributed by atoms with Gasteiger partial charge in [-0.3, -0.25) is 52.8 Å². The smallest absolute Gasteiger partial charge is 0.409 e. The van der Waals surface area contributed by atoms with E-state index < -0.39 is 182 Å². The summed E-state index contributed by atoms with van der Waals surface area (Å²) in [6.45, 7) is 8.08. The van der Waals surface area contributed by atoms with Gasteiger partial charge in [-0.05, 0) is 74.1 Å². The first kappa shape index (κ1) is 90.4. The van der Waals surface area contributed by atoms with Crippen LogP contribution in [-0.4, -0.2) is 264 Å². The van der Waals surface area contributed by atoms with Gasteiger partial charge in [0.25, 0.3) is 5.56 Å². The Bertz CT molecular complexity index is 3470. The number of benzene rings is 1. The number of unbranched alkanes of at least 4 members (excludes halogenated alkanes) is 11. The summed E-state index contributed by atoms with van der Waals surface area (Å²) in [5.41, 5.74) is 4.24. The summed E-state index contributed by atoms with van der Waals surface area (Å²) in [4.78, 5) is 159. The average Bonchev–Trinajstić information content (AvgIpc) is 0.766. The second-order valence-corrected chi connectivity index (χ2v) is 29.5. The maximum absolute atomic E-state index is 13.8. The minimum absolute atomic E-state index is 0.0565. The monoisotopic (exact) mass is 1560 g/mol. The maximum atomic E-state index is 13.8. The fraction of sp³-hybridized carbons (Fsp3) is 0.703. The van der Waals surface area contributed by atoms with E-state index in [1.165, 1.54) is 69.3 Å². The number of urea groups is 1. The van der Waals surface area contributed by atoms with Crippen molar-refractivity contribution in [2.75, 3.05) is 52.2 Å². The van der Waals surface area contributed by atoms with Crippen molar-refractivity contribution in [1.29, 1.82) is 0 Å². The van der Waals surface area contributed by atoms with Crippen LogP contribution in [0.3, 0.4) is 0 Å². The molecule has 5 heterocycles. The molecule has 616 valence electrons. The third-order valence-electron chi connectivity index (χ3n) is 19.9. The average molecular weight is 1560 g/mol. The molecule has 11 amide bonds. The fourth-order valence-corrected chi connectivity index (χ4v) is 13.5. The van der Waals surface area contributed by atoms with Crippen molar-refractivity contribution in [1.82, 2.24) is 50.8 Å². The largest absolute Gasteiger partial charge is 0.447 e. The minimum Gasteiger partial charge on any atom is -0.447 e. The lowest BCUT2D eigenvalue weighted by molar-refractivity contribution is -0.265. The predicted molar refractivity (Wildman–Crippen MR) is 395 cm³/mol. The van der Waals surface area contributed by atoms with Crippen molar-refractivity contribution in [2.45, 2.75) is 273 Å². The molecule has 4 aliphatic rings. The predicted octanol–water partition coefficient (Wildman–Crippen LogP) is 0.437. The molecule has 0 bridgehead atoms. The molecule has 36 nitrogen and oxygen atoms in total. The number of aliphatic hydroxyl groups is 7. The van der Waals surface area contributed by atoms with E-state index in [9.17, 15) is 93.3 Å². The summed E-state index contributed by atoms with van der Waals surface area (Å²) in [7, 11) is 2.74. The molecule has 0 aliphatic carbocycles. The van der Waals surface area contributed by atoms with Crippen molar-refractivity contribution >= 4 is 65.3 Å². The first-order valence-electron chi connectivity index (χ1n) is 38.2. The van der Waals surface area contributed by atoms with E-state index in [0.29, 0.717) is 42.9 Å². The van der Waals surface area contributed by atoms with Crippen LogP contribution in [0.2, 0.25) is 0 Å². The van der Waals surface area contributed by atoms with Crippen molar-refractivity contribution in [3.8, 4) is 0 Å². The number of nitrogens with two attached hydrogens (primary N) is 1. The number of nitrogens with one attached hydrogen (secondary N) is 7. The van der Waals surface area contributed by atoms with Crippen LogP contribution in [0.4, 0.5) is 20.1 Å². The van der Waals surface area contributed by atoms with E-state index in [2.05, 4.69) is 45.7 Å². The number of imide groups is 1. The number of nitrogens with zero attached hydrogens (tertiary/aromatic N) is 4. The van der Waals surface area contributed by atoms with Gasteiger partial charge in [-0.1, -0.05) is 110 Å². The number of aliphatic hydroxyl groups excluding tert-OH is 7. The highest BCUT2D eigenvalue weighted by Gasteiger charge is 2.57. The number of aromatic nitrogens is 2. The van der Waals surface area contributed by atoms with Crippen molar-refractivity contribution in [3.63, 3.8) is 0 Å². The van der Waals surface area contributed by atoms with Gasteiger partial charge < -0.3 is 107 Å². The quantitative estimate of drug-likeness (QED) is 0.0243. The van der Waals surface area contributed by atoms with Crippen LogP contribution in [-0.2, 0) is 63.9 Å². The Hall–Kier alpha value is -8.46. The molecule has 17 atom stereocenters. The highest BCUT2D eigenvalue weighted by Crippen LogP contribution is 2.37. The Morgan fingerprint density at radius 2 is 1.25 bits per heavy atom. The SMILES string of the molecule is CC(=O)N[C@H]1C([C@@H]2O[C@H](C[C@@H](O)[C@H]3O[C@@H](n4ccc(=O)[nH]c4=O)[C@H](O)[C@@H]3O)[C@H](O)[C@H](O)[C@H]2NC(=O)/C=C\CCCCCCCCCCCC(C)C)O[C@H](COC(=O)N(C)CCN(C)C(=O)OCc2ccc(NC(=O)C(CCCNC(N)=O)NC(=O)C(NC(=O)CCCCCN3C(=O)CCC3=O)C(C)C)cc2)[C@@H](O)[C@@H]1O. The number of likely N-dealkylation sites (N-methyl/N-ethyl adjacent to an activating group) is 2. The molecule has 4 fully saturated rings. The lowest BCUT2D eigenvalue weighted by Crippen LogP contribution is -2.73. The number of ether oxygens (including phenoxy) is 5. The van der Waals surface area contributed by atoms with Crippen LogP contribution < -0.4 is 48.9 Å². The zero-order chi connectivity index (χ0) is 80.9. The van der Waals surface area contributed by atoms with Gasteiger partial charge in [0.1, 0.15) is 86.3 Å². The molecule has 0 radical (unpaired) electrons. The number of carbonyl (C=O) groups excluding carboxylic acids is 10. The number of aromatic amines is 1. The van der Waals surface area contributed by atoms with Crippen LogP contribution in [0, 0.1) is 11.8 Å². The Morgan fingerprint density at radius 3 is 1.85 bits per heavy atom. The maximum Gasteiger partial charge on any atom is 0.409 e. The molecule has 16 N–H and O–H groups in total. The van der Waals surface area contributed by atoms with Crippen LogP contribution in [0.5, 0.6) is 0 Å². The minimum atomic E-state index is -1.98. The number of allylic oxidation sites excluding steroid dienone is 1. The Labute approximate surface area is 639 Å². The summed E-state index contributed by atoms with van der Waals surface area (Å²) in [6.07, 6.45) is -8.19. The number of hydrogen-bond acceptors (Lipinski definition) is 24. The van der Waals surface area contributed by atoms with E-state index in [-0.39, 0.29) is 76.7 Å². The standard InChI is InChI=1S/C74H116N12O24/c1-42(2)23-18-15-13-11-9-8-10-12-14-16-19-25-52(90)81-58-62(97)59(94)49(39-48(88)65-63(98)64(99)70(110-65)86-36-33-53(91)82-72(86)103)108-67(58)66-57(77-44(5)87)61(96)60(95)50(109-66)41-107-74(105)84(7)38-37-83(6)73(104)106-40-45-27-29-46(30-28-45)78-68(100)47(24-22-34-76-71(75)102)79-69(101)56(43(3)4)80-51(89)26-20-17-21-35-85-54(92)31-32-55(85)93/h19,25,27-30,33,36,42-43,47-50,56-67,70,88,94-99H,8-18,20-24,26,31-32,34-35,37-41H2,1-7H3,(H,77,87)(H,78,100)(H,79,101)(H,80,89)(H,81,90)(H3,75,76,102)(H,82,91,103)/b25-19-/t47?,48-,49-,50-,56?,57-,58-,59+,60-,61-,62-,63+,64-,65-,66?,67-,70-/m1/s1. The number of likely N-dealkylation sites (tertiary alicyclic amines) is 1. The third-order valence-corrected chi connectivity index (χ3v) is 19.9. The van der Waals surface area contributed by atoms with Crippen molar-refractivity contribution in [2.24, 2.45) is 17.6 Å². The third kappa shape index (κ3) is 28.1. The van der Waals surface area contributed by atoms with Crippen LogP contribution >= 0.6 is 0 Å². The summed E-state index contributed by atoms with van der Waals surface area (Å²) < 4.78 is 30.4. The fourth-order valence-electron chi connectivity index (χ4n) is 13.5. The molecule has 110 heavy (non-hydrogen) atoms. The number of anilines is 1. The summed E-state index contributed by atoms with van der Waals surface area (Å²) >= 11 is 0. The van der Waals surface area contributed by atoms with E-state index in [1.54, 1.807) is 32.1 Å². The summed E-state index contributed by atoms with van der Waals surface area (Å²) in [5, 5.41) is 96.6. The second kappa shape index (κ2) is 45.1. The highest BCUT2D eigenvalue weighted by atomic mass is 16.6. The van der Waals surface area contributed by atoms with Gasteiger partial charge in [-0.25, -0.2) is 19.2 Å². The van der Waals surface area contributed by atoms with Gasteiger partial charge in [-0.15, -0.1) is 0 Å². The zero-order valence-electron chi connectivity index (χ0n) is 63.9. The van der Waals surface area contributed by atoms with Crippen LogP contribution in [0.1, 0.15) is 175 Å². The molecule has 0 saturated carbocycles. The first-order valence-corrected chi connectivity index (χ1v) is 38.2. The van der Waals surface area contributed by atoms with Crippen molar-refractivity contribution < 1.29 is 107 Å². The first-order chi connectivity index (χ1) is 52.3. The molecule has 36 heteroatoms. The van der Waals surface area contributed by atoms with Gasteiger partial charge in [0, 0.05) is 90.8 Å². The van der Waals surface area contributed by atoms with Gasteiger partial charge >= 0.3 is 23.9 Å². The van der Waals surface area contributed by atoms with Crippen LogP contribution in [0.25, 0.3) is 0 Å². The number of primary amides is 1. The summed E-state index contributed by atoms with van der Waals surface area (Å²) in [5.74, 6) is -3.29. The number of rotatable bonds is 43. The molecule has 2 aromatic rings. The lowest BCUT2D eigenvalue weighted by Gasteiger charge is -2.51. The van der Waals surface area contributed by atoms with E-state index in [0.717, 1.165) is 65.7 Å². The van der Waals surface area contributed by atoms with Gasteiger partial charge in [0.2, 0.25) is 41.4 Å². The number of hydrogen-bond donors (Lipinski definition) is 15. The molecule has 1 aromatic heterocycles. The van der Waals surface area contributed by atoms with Crippen molar-refractivity contribution in [3.05, 3.63) is 75.1 Å². The van der Waals surface area contributed by atoms with E-state index in [4.69, 9.17) is 29.4 Å². The molecule has 3 unspecified atom stereocenters. The molecule has 6 rings (SSSR count). The molecular weight excluding hydrogens is 1440 g/mol. The highest BCUT2D eigenvalue weighted by molar-refractivity contribution is 6.02. The Balaban J connectivity index is 1.04. The van der Waals surface area contributed by atoms with Gasteiger partial charge in [-0.2, -0.15) is 0 Å². The molecular formula is C74H116N12O24. The molecule has 0 spiro atoms. The van der Waals surface area contributed by atoms with E-state index in [1.807, 2.05) is 4.98 Å². The molecule has 4 saturated heterocycles. The lowest BCUT2D eigenvalue weighted by atomic mass is 9.82. The van der Waals surface area contributed by atoms with Gasteiger partial charge in [0.15, 0.2) is 6.23 Å². The number of amides is 11. The normalized spacial score (nSPS) is 24.9. The molecule has 1 aromatic carbocycles. The zero-order valence-corrected chi connectivity index (χ0v) is 63.9. The number of carbonyl (C=O) groups is 10. The van der Waals surface area contributed by atoms with Gasteiger partial charge in [0.05, 0.1) is 24.3 Å².